The van der Waals surface area contributed by atoms with Crippen molar-refractivity contribution >= 4 is 12.2 Å². The number of rotatable bonds is 5. The standard InChI is InChI=1S/C18H24N2O5/c1-18(2,3)25-17(22)20-11-7-10-15(20)13-24-19-16(21)23-12-14-8-5-4-6-9-14/h4-10,15H,11-13H2,1-3H3,(H,19,21)/t15-/m0/s1. The van der Waals surface area contributed by atoms with Crippen molar-refractivity contribution in [1.82, 2.24) is 10.4 Å². The van der Waals surface area contributed by atoms with Gasteiger partial charge in [0.05, 0.1) is 12.6 Å². The van der Waals surface area contributed by atoms with Gasteiger partial charge in [0.15, 0.2) is 0 Å². The lowest BCUT2D eigenvalue weighted by molar-refractivity contribution is -0.00731. The minimum atomic E-state index is -0.686. The molecule has 2 rings (SSSR count). The number of hydroxylamine groups is 1. The molecule has 0 saturated heterocycles. The molecule has 1 atom stereocenters. The van der Waals surface area contributed by atoms with Crippen molar-refractivity contribution < 1.29 is 23.9 Å². The van der Waals surface area contributed by atoms with Crippen LogP contribution >= 0.6 is 0 Å². The van der Waals surface area contributed by atoms with Crippen molar-refractivity contribution in [3.63, 3.8) is 0 Å². The van der Waals surface area contributed by atoms with Crippen molar-refractivity contribution in [2.75, 3.05) is 13.2 Å². The van der Waals surface area contributed by atoms with Crippen LogP contribution in [0.1, 0.15) is 26.3 Å². The molecule has 0 fully saturated rings. The number of amides is 2. The van der Waals surface area contributed by atoms with Gasteiger partial charge in [0.1, 0.15) is 12.2 Å². The predicted octanol–water partition coefficient (Wildman–Crippen LogP) is 3.02. The van der Waals surface area contributed by atoms with Crippen LogP contribution in [0, 0.1) is 0 Å². The molecular weight excluding hydrogens is 324 g/mol. The highest BCUT2D eigenvalue weighted by Gasteiger charge is 2.29. The topological polar surface area (TPSA) is 77.1 Å². The lowest BCUT2D eigenvalue weighted by Crippen LogP contribution is -2.43. The molecule has 0 aromatic heterocycles. The molecule has 1 N–H and O–H groups in total. The molecule has 0 spiro atoms. The predicted molar refractivity (Wildman–Crippen MR) is 91.6 cm³/mol. The highest BCUT2D eigenvalue weighted by atomic mass is 16.7. The Balaban J connectivity index is 1.70. The normalized spacial score (nSPS) is 16.6. The molecule has 1 aromatic rings. The zero-order valence-electron chi connectivity index (χ0n) is 14.7. The SMILES string of the molecule is CC(C)(C)OC(=O)N1CC=C[C@H]1CONC(=O)OCc1ccccc1. The molecule has 0 aliphatic carbocycles. The molecule has 2 amide bonds. The Morgan fingerprint density at radius 2 is 1.96 bits per heavy atom. The Morgan fingerprint density at radius 3 is 2.64 bits per heavy atom. The minimum Gasteiger partial charge on any atom is -0.444 e. The zero-order valence-corrected chi connectivity index (χ0v) is 14.7. The van der Waals surface area contributed by atoms with Gasteiger partial charge in [0.2, 0.25) is 0 Å². The summed E-state index contributed by atoms with van der Waals surface area (Å²) in [6.07, 6.45) is 2.58. The summed E-state index contributed by atoms with van der Waals surface area (Å²) < 4.78 is 10.4. The summed E-state index contributed by atoms with van der Waals surface area (Å²) in [6, 6.07) is 9.03. The van der Waals surface area contributed by atoms with Crippen molar-refractivity contribution in [2.45, 2.75) is 39.0 Å². The Morgan fingerprint density at radius 1 is 1.24 bits per heavy atom. The van der Waals surface area contributed by atoms with Crippen LogP contribution in [0.15, 0.2) is 42.5 Å². The zero-order chi connectivity index (χ0) is 18.3. The van der Waals surface area contributed by atoms with Crippen molar-refractivity contribution in [3.8, 4) is 0 Å². The summed E-state index contributed by atoms with van der Waals surface area (Å²) >= 11 is 0. The number of hydrogen-bond donors (Lipinski definition) is 1. The van der Waals surface area contributed by atoms with E-state index in [-0.39, 0.29) is 19.3 Å². The van der Waals surface area contributed by atoms with E-state index >= 15 is 0 Å². The number of nitrogens with one attached hydrogen (secondary N) is 1. The van der Waals surface area contributed by atoms with E-state index in [4.69, 9.17) is 14.3 Å². The quantitative estimate of drug-likeness (QED) is 0.654. The fraction of sp³-hybridized carbons (Fsp3) is 0.444. The average molecular weight is 348 g/mol. The largest absolute Gasteiger partial charge is 0.444 e. The van der Waals surface area contributed by atoms with E-state index in [9.17, 15) is 9.59 Å². The first-order chi connectivity index (χ1) is 11.8. The molecule has 0 radical (unpaired) electrons. The van der Waals surface area contributed by atoms with E-state index < -0.39 is 17.8 Å². The Bertz CT molecular complexity index is 610. The molecule has 136 valence electrons. The third-order valence-electron chi connectivity index (χ3n) is 3.31. The Kier molecular flexibility index (Phi) is 6.41. The molecule has 1 aliphatic heterocycles. The van der Waals surface area contributed by atoms with Crippen molar-refractivity contribution in [3.05, 3.63) is 48.0 Å². The van der Waals surface area contributed by atoms with Gasteiger partial charge in [-0.3, -0.25) is 9.74 Å². The van der Waals surface area contributed by atoms with Gasteiger partial charge in [-0.2, -0.15) is 5.48 Å². The van der Waals surface area contributed by atoms with Gasteiger partial charge in [-0.05, 0) is 26.3 Å². The Hall–Kier alpha value is -2.54. The van der Waals surface area contributed by atoms with E-state index in [2.05, 4.69) is 5.48 Å². The smallest absolute Gasteiger partial charge is 0.431 e. The fourth-order valence-corrected chi connectivity index (χ4v) is 2.19. The van der Waals surface area contributed by atoms with Crippen LogP contribution in [0.4, 0.5) is 9.59 Å². The molecule has 7 heteroatoms. The van der Waals surface area contributed by atoms with Crippen molar-refractivity contribution in [1.29, 1.82) is 0 Å². The fourth-order valence-electron chi connectivity index (χ4n) is 2.19. The first-order valence-corrected chi connectivity index (χ1v) is 8.10. The van der Waals surface area contributed by atoms with Gasteiger partial charge < -0.3 is 9.47 Å². The van der Waals surface area contributed by atoms with Crippen LogP contribution in [0.2, 0.25) is 0 Å². The van der Waals surface area contributed by atoms with Gasteiger partial charge in [-0.25, -0.2) is 9.59 Å². The number of nitrogens with zero attached hydrogens (tertiary/aromatic N) is 1. The molecule has 0 saturated carbocycles. The highest BCUT2D eigenvalue weighted by molar-refractivity contribution is 5.70. The lowest BCUT2D eigenvalue weighted by atomic mass is 10.2. The summed E-state index contributed by atoms with van der Waals surface area (Å²) in [7, 11) is 0. The summed E-state index contributed by atoms with van der Waals surface area (Å²) in [6.45, 7) is 6.14. The third-order valence-corrected chi connectivity index (χ3v) is 3.31. The van der Waals surface area contributed by atoms with Crippen LogP contribution in [0.3, 0.4) is 0 Å². The van der Waals surface area contributed by atoms with Crippen LogP contribution in [0.5, 0.6) is 0 Å². The van der Waals surface area contributed by atoms with Crippen LogP contribution in [0.25, 0.3) is 0 Å². The van der Waals surface area contributed by atoms with Crippen LogP contribution in [-0.2, 0) is 20.9 Å². The maximum atomic E-state index is 12.1. The second kappa shape index (κ2) is 8.53. The average Bonchev–Trinajstić information content (AvgIpc) is 3.01. The summed E-state index contributed by atoms with van der Waals surface area (Å²) in [5.41, 5.74) is 2.53. The third kappa shape index (κ3) is 6.46. The first-order valence-electron chi connectivity index (χ1n) is 8.10. The van der Waals surface area contributed by atoms with Gasteiger partial charge >= 0.3 is 12.2 Å². The van der Waals surface area contributed by atoms with E-state index in [0.29, 0.717) is 6.54 Å². The van der Waals surface area contributed by atoms with Crippen LogP contribution < -0.4 is 5.48 Å². The van der Waals surface area contributed by atoms with E-state index in [1.165, 1.54) is 4.90 Å². The summed E-state index contributed by atoms with van der Waals surface area (Å²) in [4.78, 5) is 30.4. The maximum Gasteiger partial charge on any atom is 0.431 e. The number of hydrogen-bond acceptors (Lipinski definition) is 5. The van der Waals surface area contributed by atoms with Gasteiger partial charge in [-0.1, -0.05) is 42.5 Å². The Labute approximate surface area is 147 Å². The van der Waals surface area contributed by atoms with Crippen molar-refractivity contribution in [2.24, 2.45) is 0 Å². The molecule has 1 aromatic carbocycles. The molecule has 1 aliphatic rings. The number of carbonyl (C=O) groups excluding carboxylic acids is 2. The van der Waals surface area contributed by atoms with Gasteiger partial charge in [0.25, 0.3) is 0 Å². The minimum absolute atomic E-state index is 0.107. The summed E-state index contributed by atoms with van der Waals surface area (Å²) in [5, 5.41) is 0. The molecule has 25 heavy (non-hydrogen) atoms. The van der Waals surface area contributed by atoms with Crippen LogP contribution in [-0.4, -0.2) is 41.9 Å². The van der Waals surface area contributed by atoms with Gasteiger partial charge in [0, 0.05) is 6.54 Å². The second-order valence-electron chi connectivity index (χ2n) is 6.60. The number of carbonyl (C=O) groups is 2. The van der Waals surface area contributed by atoms with E-state index in [0.717, 1.165) is 5.56 Å². The molecule has 0 unspecified atom stereocenters. The second-order valence-corrected chi connectivity index (χ2v) is 6.60. The maximum absolute atomic E-state index is 12.1. The molecule has 0 bridgehead atoms. The number of benzene rings is 1. The molecule has 1 heterocycles. The highest BCUT2D eigenvalue weighted by Crippen LogP contribution is 2.16. The monoisotopic (exact) mass is 348 g/mol. The van der Waals surface area contributed by atoms with Gasteiger partial charge in [-0.15, -0.1) is 0 Å². The molecular formula is C18H24N2O5. The van der Waals surface area contributed by atoms with E-state index in [1.54, 1.807) is 0 Å². The summed E-state index contributed by atoms with van der Waals surface area (Å²) in [5.74, 6) is 0. The van der Waals surface area contributed by atoms with E-state index in [1.807, 2.05) is 63.3 Å². The lowest BCUT2D eigenvalue weighted by Gasteiger charge is -2.28. The first kappa shape index (κ1) is 18.8. The number of ether oxygens (including phenoxy) is 2. The molecule has 7 nitrogen and oxygen atoms in total.